The fourth-order valence-corrected chi connectivity index (χ4v) is 0.813. The lowest BCUT2D eigenvalue weighted by Crippen LogP contribution is -2.14. The van der Waals surface area contributed by atoms with E-state index >= 15 is 0 Å². The van der Waals surface area contributed by atoms with Crippen molar-refractivity contribution in [3.05, 3.63) is 40.3 Å². The predicted molar refractivity (Wildman–Crippen MR) is 46.5 cm³/mol. The summed E-state index contributed by atoms with van der Waals surface area (Å²) in [5.74, 6) is -0.629. The molecule has 1 heterocycles. The molecule has 4 nitrogen and oxygen atoms in total. The maximum absolute atomic E-state index is 11.2. The molecule has 0 amide bonds. The molecular weight excluding hydrogens is 170 g/mol. The van der Waals surface area contributed by atoms with Crippen LogP contribution < -0.4 is 5.43 Å². The number of carbonyl (C=O) groups excluding carboxylic acids is 1. The van der Waals surface area contributed by atoms with Gasteiger partial charge in [0.2, 0.25) is 0 Å². The molecule has 0 aliphatic carbocycles. The quantitative estimate of drug-likeness (QED) is 0.624. The van der Waals surface area contributed by atoms with E-state index in [1.165, 1.54) is 24.5 Å². The summed E-state index contributed by atoms with van der Waals surface area (Å²) in [6, 6.07) is 2.75. The molecule has 4 heteroatoms. The molecule has 13 heavy (non-hydrogen) atoms. The molecule has 0 fully saturated rings. The molecule has 0 aliphatic rings. The molecule has 0 saturated heterocycles. The first-order valence-corrected chi connectivity index (χ1v) is 3.87. The zero-order valence-electron chi connectivity index (χ0n) is 7.19. The highest BCUT2D eigenvalue weighted by Gasteiger charge is 2.08. The number of rotatable bonds is 2. The van der Waals surface area contributed by atoms with E-state index in [1.807, 2.05) is 0 Å². The number of hydrogen-bond acceptors (Lipinski definition) is 4. The second-order valence-electron chi connectivity index (χ2n) is 2.28. The highest BCUT2D eigenvalue weighted by Crippen LogP contribution is 1.91. The summed E-state index contributed by atoms with van der Waals surface area (Å²) < 4.78 is 4.67. The maximum atomic E-state index is 11.2. The minimum atomic E-state index is -0.629. The third-order valence-electron chi connectivity index (χ3n) is 1.38. The summed E-state index contributed by atoms with van der Waals surface area (Å²) in [6.45, 7) is 1.93. The monoisotopic (exact) mass is 179 g/mol. The molecule has 1 aromatic heterocycles. The topological polar surface area (TPSA) is 56.3 Å². The smallest absolute Gasteiger partial charge is 0.343 e. The lowest BCUT2D eigenvalue weighted by Gasteiger charge is -1.96. The van der Waals surface area contributed by atoms with E-state index in [-0.39, 0.29) is 17.6 Å². The fourth-order valence-electron chi connectivity index (χ4n) is 0.813. The van der Waals surface area contributed by atoms with Crippen molar-refractivity contribution in [2.75, 3.05) is 6.61 Å². The second-order valence-corrected chi connectivity index (χ2v) is 2.28. The van der Waals surface area contributed by atoms with Crippen molar-refractivity contribution in [2.45, 2.75) is 6.92 Å². The number of nitrogens with zero attached hydrogens (tertiary/aromatic N) is 1. The SMILES string of the molecule is CCOC(=O)c1cncccc1=O. The van der Waals surface area contributed by atoms with Crippen molar-refractivity contribution < 1.29 is 9.53 Å². The van der Waals surface area contributed by atoms with Gasteiger partial charge < -0.3 is 4.74 Å². The molecule has 0 radical (unpaired) electrons. The van der Waals surface area contributed by atoms with Gasteiger partial charge in [0.15, 0.2) is 5.43 Å². The lowest BCUT2D eigenvalue weighted by molar-refractivity contribution is 0.0524. The minimum Gasteiger partial charge on any atom is -0.462 e. The molecule has 0 N–H and O–H groups in total. The van der Waals surface area contributed by atoms with Crippen molar-refractivity contribution in [1.29, 1.82) is 0 Å². The van der Waals surface area contributed by atoms with Gasteiger partial charge in [-0.15, -0.1) is 0 Å². The first kappa shape index (κ1) is 9.38. The Morgan fingerprint density at radius 3 is 3.08 bits per heavy atom. The van der Waals surface area contributed by atoms with Crippen LogP contribution in [0, 0.1) is 0 Å². The Hall–Kier alpha value is -1.71. The van der Waals surface area contributed by atoms with Gasteiger partial charge >= 0.3 is 5.97 Å². The van der Waals surface area contributed by atoms with Gasteiger partial charge in [-0.3, -0.25) is 9.78 Å². The summed E-state index contributed by atoms with van der Waals surface area (Å²) in [6.07, 6.45) is 2.64. The molecule has 0 aliphatic heterocycles. The van der Waals surface area contributed by atoms with Gasteiger partial charge in [0, 0.05) is 12.4 Å². The first-order valence-electron chi connectivity index (χ1n) is 3.87. The molecule has 0 aromatic carbocycles. The number of aromatic nitrogens is 1. The Balaban J connectivity index is 3.09. The van der Waals surface area contributed by atoms with Crippen LogP contribution in [0.25, 0.3) is 0 Å². The van der Waals surface area contributed by atoms with E-state index in [9.17, 15) is 9.59 Å². The summed E-state index contributed by atoms with van der Waals surface area (Å²) in [4.78, 5) is 26.0. The van der Waals surface area contributed by atoms with E-state index in [0.717, 1.165) is 0 Å². The molecule has 1 rings (SSSR count). The van der Waals surface area contributed by atoms with Crippen LogP contribution in [-0.4, -0.2) is 17.6 Å². The number of esters is 1. The highest BCUT2D eigenvalue weighted by molar-refractivity contribution is 5.88. The Bertz CT molecular complexity index is 362. The zero-order chi connectivity index (χ0) is 9.68. The van der Waals surface area contributed by atoms with E-state index in [2.05, 4.69) is 9.72 Å². The van der Waals surface area contributed by atoms with Crippen molar-refractivity contribution in [2.24, 2.45) is 0 Å². The van der Waals surface area contributed by atoms with Crippen LogP contribution in [0.3, 0.4) is 0 Å². The first-order chi connectivity index (χ1) is 6.25. The summed E-state index contributed by atoms with van der Waals surface area (Å²) in [5.41, 5.74) is -0.414. The molecular formula is C9H9NO3. The van der Waals surface area contributed by atoms with Gasteiger partial charge in [-0.05, 0) is 19.1 Å². The van der Waals surface area contributed by atoms with Gasteiger partial charge in [-0.25, -0.2) is 4.79 Å². The standard InChI is InChI=1S/C9H9NO3/c1-2-13-9(12)7-6-10-5-3-4-8(7)11/h3-6H,2H2,1H3. The fraction of sp³-hybridized carbons (Fsp3) is 0.222. The number of hydrogen-bond donors (Lipinski definition) is 0. The summed E-state index contributed by atoms with van der Waals surface area (Å²) in [7, 11) is 0. The van der Waals surface area contributed by atoms with E-state index in [1.54, 1.807) is 6.92 Å². The third kappa shape index (κ3) is 2.37. The third-order valence-corrected chi connectivity index (χ3v) is 1.38. The van der Waals surface area contributed by atoms with Crippen LogP contribution in [0.2, 0.25) is 0 Å². The molecule has 0 bridgehead atoms. The Morgan fingerprint density at radius 2 is 2.38 bits per heavy atom. The Kier molecular flexibility index (Phi) is 3.14. The largest absolute Gasteiger partial charge is 0.462 e. The van der Waals surface area contributed by atoms with Gasteiger partial charge in [-0.1, -0.05) is 0 Å². The Morgan fingerprint density at radius 1 is 1.62 bits per heavy atom. The van der Waals surface area contributed by atoms with E-state index in [0.29, 0.717) is 0 Å². The van der Waals surface area contributed by atoms with E-state index < -0.39 is 5.97 Å². The van der Waals surface area contributed by atoms with Gasteiger partial charge in [0.25, 0.3) is 0 Å². The molecule has 0 unspecified atom stereocenters. The van der Waals surface area contributed by atoms with Gasteiger partial charge in [0.05, 0.1) is 6.61 Å². The van der Waals surface area contributed by atoms with Crippen molar-refractivity contribution >= 4 is 5.97 Å². The van der Waals surface area contributed by atoms with Crippen molar-refractivity contribution in [3.63, 3.8) is 0 Å². The van der Waals surface area contributed by atoms with Gasteiger partial charge in [-0.2, -0.15) is 0 Å². The van der Waals surface area contributed by atoms with Crippen LogP contribution in [0.4, 0.5) is 0 Å². The van der Waals surface area contributed by atoms with E-state index in [4.69, 9.17) is 0 Å². The van der Waals surface area contributed by atoms with Crippen LogP contribution in [0.15, 0.2) is 29.3 Å². The van der Waals surface area contributed by atoms with Crippen LogP contribution >= 0.6 is 0 Å². The molecule has 1 aromatic rings. The average molecular weight is 179 g/mol. The van der Waals surface area contributed by atoms with Crippen LogP contribution in [0.1, 0.15) is 17.3 Å². The molecule has 0 saturated carbocycles. The number of ether oxygens (including phenoxy) is 1. The highest BCUT2D eigenvalue weighted by atomic mass is 16.5. The molecule has 0 atom stereocenters. The Labute approximate surface area is 75.2 Å². The lowest BCUT2D eigenvalue weighted by atomic mass is 10.3. The maximum Gasteiger partial charge on any atom is 0.343 e. The normalized spacial score (nSPS) is 9.31. The summed E-state index contributed by atoms with van der Waals surface area (Å²) in [5, 5.41) is 0. The second kappa shape index (κ2) is 4.35. The van der Waals surface area contributed by atoms with Crippen LogP contribution in [0.5, 0.6) is 0 Å². The van der Waals surface area contributed by atoms with Crippen molar-refractivity contribution in [1.82, 2.24) is 4.98 Å². The van der Waals surface area contributed by atoms with Crippen LogP contribution in [-0.2, 0) is 4.74 Å². The number of carbonyl (C=O) groups is 1. The predicted octanol–water partition coefficient (Wildman–Crippen LogP) is 0.618. The summed E-state index contributed by atoms with van der Waals surface area (Å²) >= 11 is 0. The average Bonchev–Trinajstić information content (AvgIpc) is 2.30. The molecule has 0 spiro atoms. The minimum absolute atomic E-state index is 0.0353. The zero-order valence-corrected chi connectivity index (χ0v) is 7.19. The van der Waals surface area contributed by atoms with Gasteiger partial charge in [0.1, 0.15) is 5.56 Å². The molecule has 68 valence electrons. The van der Waals surface area contributed by atoms with Crippen molar-refractivity contribution in [3.8, 4) is 0 Å².